The Labute approximate surface area is 157 Å². The third-order valence-electron chi connectivity index (χ3n) is 3.57. The van der Waals surface area contributed by atoms with Crippen LogP contribution in [0.1, 0.15) is 17.3 Å². The molecule has 27 heavy (non-hydrogen) atoms. The summed E-state index contributed by atoms with van der Waals surface area (Å²) in [6.45, 7) is 6.03. The Morgan fingerprint density at radius 1 is 1.04 bits per heavy atom. The molecule has 2 aromatic heterocycles. The highest BCUT2D eigenvalue weighted by Crippen LogP contribution is 2.25. The minimum Gasteiger partial charge on any atom is -0.438 e. The predicted octanol–water partition coefficient (Wildman–Crippen LogP) is 4.32. The summed E-state index contributed by atoms with van der Waals surface area (Å²) < 4.78 is 5.80. The summed E-state index contributed by atoms with van der Waals surface area (Å²) in [7, 11) is 0. The van der Waals surface area contributed by atoms with Gasteiger partial charge in [0.2, 0.25) is 5.88 Å². The molecule has 2 N–H and O–H groups in total. The molecule has 0 radical (unpaired) electrons. The number of amides is 1. The zero-order chi connectivity index (χ0) is 19.1. The van der Waals surface area contributed by atoms with Crippen molar-refractivity contribution >= 4 is 17.4 Å². The molecule has 0 spiro atoms. The van der Waals surface area contributed by atoms with Crippen molar-refractivity contribution in [1.82, 2.24) is 15.3 Å². The van der Waals surface area contributed by atoms with E-state index in [-0.39, 0.29) is 11.8 Å². The number of hydrogen-bond donors (Lipinski definition) is 2. The van der Waals surface area contributed by atoms with E-state index in [9.17, 15) is 4.79 Å². The zero-order valence-electron chi connectivity index (χ0n) is 15.0. The number of rotatable bonds is 7. The maximum absolute atomic E-state index is 12.3. The number of nitrogens with zero attached hydrogens (tertiary/aromatic N) is 2. The van der Waals surface area contributed by atoms with Crippen molar-refractivity contribution in [2.75, 3.05) is 11.9 Å². The average molecular weight is 360 g/mol. The van der Waals surface area contributed by atoms with Gasteiger partial charge >= 0.3 is 0 Å². The molecule has 0 unspecified atom stereocenters. The first kappa shape index (κ1) is 18.1. The maximum atomic E-state index is 12.3. The maximum Gasteiger partial charge on any atom is 0.257 e. The van der Waals surface area contributed by atoms with Crippen molar-refractivity contribution in [3.63, 3.8) is 0 Å². The van der Waals surface area contributed by atoms with Gasteiger partial charge in [0.25, 0.3) is 5.91 Å². The molecule has 0 saturated heterocycles. The molecule has 6 heteroatoms. The summed E-state index contributed by atoms with van der Waals surface area (Å²) >= 11 is 0. The number of aromatic nitrogens is 2. The van der Waals surface area contributed by atoms with Crippen LogP contribution < -0.4 is 15.4 Å². The number of carbonyl (C=O) groups excluding carboxylic acids is 1. The Balaban J connectivity index is 1.70. The van der Waals surface area contributed by atoms with Gasteiger partial charge in [0.15, 0.2) is 0 Å². The first-order valence-corrected chi connectivity index (χ1v) is 8.45. The van der Waals surface area contributed by atoms with Crippen molar-refractivity contribution in [3.8, 4) is 11.6 Å². The first-order valence-electron chi connectivity index (χ1n) is 8.45. The van der Waals surface area contributed by atoms with E-state index in [4.69, 9.17) is 4.74 Å². The van der Waals surface area contributed by atoms with Crippen molar-refractivity contribution in [3.05, 3.63) is 84.7 Å². The molecule has 0 atom stereocenters. The molecule has 136 valence electrons. The highest BCUT2D eigenvalue weighted by Gasteiger charge is 2.14. The van der Waals surface area contributed by atoms with E-state index in [2.05, 4.69) is 27.2 Å². The van der Waals surface area contributed by atoms with Gasteiger partial charge in [-0.15, -0.1) is 0 Å². The van der Waals surface area contributed by atoms with Crippen molar-refractivity contribution < 1.29 is 9.53 Å². The number of benzene rings is 1. The molecule has 3 rings (SSSR count). The monoisotopic (exact) mass is 360 g/mol. The molecule has 3 aromatic rings. The fraction of sp³-hybridized carbons (Fsp3) is 0.0952. The fourth-order valence-electron chi connectivity index (χ4n) is 2.27. The molecule has 0 saturated carbocycles. The molecule has 0 aliphatic heterocycles. The normalized spacial score (nSPS) is 10.1. The Hall–Kier alpha value is -3.67. The molecule has 0 aliphatic rings. The molecule has 2 heterocycles. The van der Waals surface area contributed by atoms with E-state index in [0.717, 1.165) is 17.1 Å². The molecular weight excluding hydrogens is 340 g/mol. The molecule has 6 nitrogen and oxygen atoms in total. The van der Waals surface area contributed by atoms with E-state index in [1.54, 1.807) is 36.7 Å². The Bertz CT molecular complexity index is 924. The highest BCUT2D eigenvalue weighted by atomic mass is 16.5. The van der Waals surface area contributed by atoms with E-state index >= 15 is 0 Å². The summed E-state index contributed by atoms with van der Waals surface area (Å²) in [6, 6.07) is 16.4. The van der Waals surface area contributed by atoms with Crippen molar-refractivity contribution in [2.45, 2.75) is 6.92 Å². The van der Waals surface area contributed by atoms with E-state index in [1.807, 2.05) is 37.3 Å². The number of carbonyl (C=O) groups is 1. The lowest BCUT2D eigenvalue weighted by Gasteiger charge is -2.11. The van der Waals surface area contributed by atoms with Crippen LogP contribution in [0.15, 0.2) is 79.1 Å². The van der Waals surface area contributed by atoms with Gasteiger partial charge in [-0.1, -0.05) is 18.2 Å². The smallest absolute Gasteiger partial charge is 0.257 e. The van der Waals surface area contributed by atoms with Gasteiger partial charge < -0.3 is 15.4 Å². The third kappa shape index (κ3) is 5.15. The van der Waals surface area contributed by atoms with E-state index < -0.39 is 0 Å². The minimum atomic E-state index is -0.255. The molecule has 0 fully saturated rings. The van der Waals surface area contributed by atoms with E-state index in [0.29, 0.717) is 17.9 Å². The van der Waals surface area contributed by atoms with Gasteiger partial charge in [0.1, 0.15) is 17.1 Å². The Morgan fingerprint density at radius 2 is 1.81 bits per heavy atom. The standard InChI is InChI=1S/C21H20N4O2/c1-15(2)14-24-20(26)18-6-5-13-23-21(18)27-17-10-8-16(9-11-17)25-19-7-3-4-12-22-19/h3-13H,1,14H2,2H3,(H,22,25)(H,24,26). The van der Waals surface area contributed by atoms with Gasteiger partial charge in [0.05, 0.1) is 0 Å². The van der Waals surface area contributed by atoms with Gasteiger partial charge in [-0.05, 0) is 55.5 Å². The van der Waals surface area contributed by atoms with Gasteiger partial charge in [-0.2, -0.15) is 0 Å². The summed E-state index contributed by atoms with van der Waals surface area (Å²) in [6.07, 6.45) is 3.31. The highest BCUT2D eigenvalue weighted by molar-refractivity contribution is 5.96. The van der Waals surface area contributed by atoms with Crippen LogP contribution in [0.3, 0.4) is 0 Å². The van der Waals surface area contributed by atoms with Gasteiger partial charge in [-0.3, -0.25) is 4.79 Å². The van der Waals surface area contributed by atoms with Crippen LogP contribution in [0, 0.1) is 0 Å². The first-order chi connectivity index (χ1) is 13.1. The van der Waals surface area contributed by atoms with Crippen LogP contribution in [0.2, 0.25) is 0 Å². The van der Waals surface area contributed by atoms with Crippen LogP contribution in [0.5, 0.6) is 11.6 Å². The van der Waals surface area contributed by atoms with Crippen molar-refractivity contribution in [1.29, 1.82) is 0 Å². The van der Waals surface area contributed by atoms with Crippen LogP contribution >= 0.6 is 0 Å². The second-order valence-electron chi connectivity index (χ2n) is 5.96. The third-order valence-corrected chi connectivity index (χ3v) is 3.57. The number of hydrogen-bond acceptors (Lipinski definition) is 5. The zero-order valence-corrected chi connectivity index (χ0v) is 15.0. The lowest BCUT2D eigenvalue weighted by Crippen LogP contribution is -2.25. The largest absolute Gasteiger partial charge is 0.438 e. The summed E-state index contributed by atoms with van der Waals surface area (Å²) in [4.78, 5) is 20.7. The van der Waals surface area contributed by atoms with Gasteiger partial charge in [-0.25, -0.2) is 9.97 Å². The molecule has 1 aromatic carbocycles. The second-order valence-corrected chi connectivity index (χ2v) is 5.96. The Morgan fingerprint density at radius 3 is 2.52 bits per heavy atom. The Kier molecular flexibility index (Phi) is 5.79. The SMILES string of the molecule is C=C(C)CNC(=O)c1cccnc1Oc1ccc(Nc2ccccn2)cc1. The lowest BCUT2D eigenvalue weighted by molar-refractivity contribution is 0.0954. The van der Waals surface area contributed by atoms with Crippen LogP contribution in [0.4, 0.5) is 11.5 Å². The number of nitrogens with one attached hydrogen (secondary N) is 2. The molecular formula is C21H20N4O2. The number of pyridine rings is 2. The molecule has 0 aliphatic carbocycles. The molecule has 1 amide bonds. The quantitative estimate of drug-likeness (QED) is 0.614. The van der Waals surface area contributed by atoms with Crippen LogP contribution in [-0.4, -0.2) is 22.4 Å². The molecule has 0 bridgehead atoms. The number of anilines is 2. The minimum absolute atomic E-state index is 0.252. The second kappa shape index (κ2) is 8.62. The number of ether oxygens (including phenoxy) is 1. The average Bonchev–Trinajstić information content (AvgIpc) is 2.69. The fourth-order valence-corrected chi connectivity index (χ4v) is 2.27. The van der Waals surface area contributed by atoms with Crippen molar-refractivity contribution in [2.24, 2.45) is 0 Å². The van der Waals surface area contributed by atoms with E-state index in [1.165, 1.54) is 0 Å². The summed E-state index contributed by atoms with van der Waals surface area (Å²) in [5, 5.41) is 5.98. The predicted molar refractivity (Wildman–Crippen MR) is 105 cm³/mol. The van der Waals surface area contributed by atoms with Gasteiger partial charge in [0, 0.05) is 24.6 Å². The lowest BCUT2D eigenvalue weighted by atomic mass is 10.2. The topological polar surface area (TPSA) is 76.1 Å². The van der Waals surface area contributed by atoms with Crippen LogP contribution in [-0.2, 0) is 0 Å². The van der Waals surface area contributed by atoms with Crippen LogP contribution in [0.25, 0.3) is 0 Å². The summed E-state index contributed by atoms with van der Waals surface area (Å²) in [5.41, 5.74) is 2.11. The summed E-state index contributed by atoms with van der Waals surface area (Å²) in [5.74, 6) is 1.33.